The van der Waals surface area contributed by atoms with Gasteiger partial charge in [-0.05, 0) is 68.4 Å². The first-order chi connectivity index (χ1) is 8.75. The van der Waals surface area contributed by atoms with Gasteiger partial charge in [0.05, 0.1) is 0 Å². The van der Waals surface area contributed by atoms with Crippen molar-refractivity contribution < 1.29 is 4.79 Å². The quantitative estimate of drug-likeness (QED) is 0.775. The average molecular weight is 248 g/mol. The van der Waals surface area contributed by atoms with Crippen LogP contribution in [0, 0.1) is 35.5 Å². The van der Waals surface area contributed by atoms with Crippen LogP contribution in [0.2, 0.25) is 0 Å². The van der Waals surface area contributed by atoms with E-state index in [4.69, 9.17) is 0 Å². The van der Waals surface area contributed by atoms with Crippen LogP contribution < -0.4 is 10.6 Å². The summed E-state index contributed by atoms with van der Waals surface area (Å²) in [6, 6.07) is 0.415. The van der Waals surface area contributed by atoms with E-state index in [9.17, 15) is 4.79 Å². The summed E-state index contributed by atoms with van der Waals surface area (Å²) in [4.78, 5) is 12.4. The lowest BCUT2D eigenvalue weighted by Crippen LogP contribution is -2.49. The molecule has 1 saturated heterocycles. The van der Waals surface area contributed by atoms with Gasteiger partial charge in [-0.25, -0.2) is 0 Å². The Labute approximate surface area is 109 Å². The minimum Gasteiger partial charge on any atom is -0.353 e. The highest BCUT2D eigenvalue weighted by molar-refractivity contribution is 5.83. The summed E-state index contributed by atoms with van der Waals surface area (Å²) in [5.41, 5.74) is 0. The SMILES string of the molecule is CC1CNCCC1NC(=O)C1C2C3CCC(C3)C12. The first kappa shape index (κ1) is 11.3. The predicted molar refractivity (Wildman–Crippen MR) is 69.9 cm³/mol. The molecule has 0 aromatic rings. The summed E-state index contributed by atoms with van der Waals surface area (Å²) in [6.07, 6.45) is 5.34. The normalized spacial score (nSPS) is 53.1. The number of hydrogen-bond acceptors (Lipinski definition) is 2. The highest BCUT2D eigenvalue weighted by Crippen LogP contribution is 2.69. The van der Waals surface area contributed by atoms with Gasteiger partial charge in [-0.15, -0.1) is 0 Å². The van der Waals surface area contributed by atoms with Crippen molar-refractivity contribution in [3.8, 4) is 0 Å². The van der Waals surface area contributed by atoms with Gasteiger partial charge in [0.2, 0.25) is 5.91 Å². The van der Waals surface area contributed by atoms with E-state index in [1.165, 1.54) is 19.3 Å². The summed E-state index contributed by atoms with van der Waals surface area (Å²) >= 11 is 0. The molecule has 2 N–H and O–H groups in total. The molecule has 3 heteroatoms. The summed E-state index contributed by atoms with van der Waals surface area (Å²) in [6.45, 7) is 4.35. The summed E-state index contributed by atoms with van der Waals surface area (Å²) in [5, 5.41) is 6.74. The van der Waals surface area contributed by atoms with E-state index < -0.39 is 0 Å². The van der Waals surface area contributed by atoms with Crippen molar-refractivity contribution in [1.82, 2.24) is 10.6 Å². The Morgan fingerprint density at radius 1 is 1.17 bits per heavy atom. The van der Waals surface area contributed by atoms with Crippen LogP contribution in [0.1, 0.15) is 32.6 Å². The second-order valence-electron chi connectivity index (χ2n) is 7.10. The number of carbonyl (C=O) groups is 1. The Kier molecular flexibility index (Phi) is 2.48. The molecule has 0 radical (unpaired) electrons. The molecular weight excluding hydrogens is 224 g/mol. The lowest BCUT2D eigenvalue weighted by molar-refractivity contribution is -0.124. The second kappa shape index (κ2) is 3.96. The summed E-state index contributed by atoms with van der Waals surface area (Å²) in [7, 11) is 0. The van der Waals surface area contributed by atoms with Crippen LogP contribution in [-0.2, 0) is 4.79 Å². The van der Waals surface area contributed by atoms with Gasteiger partial charge in [0.15, 0.2) is 0 Å². The van der Waals surface area contributed by atoms with Crippen LogP contribution >= 0.6 is 0 Å². The van der Waals surface area contributed by atoms with Gasteiger partial charge >= 0.3 is 0 Å². The second-order valence-corrected chi connectivity index (χ2v) is 7.10. The van der Waals surface area contributed by atoms with Crippen molar-refractivity contribution in [2.45, 2.75) is 38.6 Å². The number of rotatable bonds is 2. The van der Waals surface area contributed by atoms with E-state index >= 15 is 0 Å². The molecule has 1 heterocycles. The largest absolute Gasteiger partial charge is 0.353 e. The zero-order chi connectivity index (χ0) is 12.3. The van der Waals surface area contributed by atoms with Crippen molar-refractivity contribution in [2.75, 3.05) is 13.1 Å². The lowest BCUT2D eigenvalue weighted by Gasteiger charge is -2.30. The van der Waals surface area contributed by atoms with Gasteiger partial charge < -0.3 is 10.6 Å². The molecule has 6 unspecified atom stereocenters. The Hall–Kier alpha value is -0.570. The van der Waals surface area contributed by atoms with E-state index in [0.29, 0.717) is 23.8 Å². The molecule has 4 rings (SSSR count). The smallest absolute Gasteiger partial charge is 0.223 e. The van der Waals surface area contributed by atoms with Crippen molar-refractivity contribution in [2.24, 2.45) is 35.5 Å². The van der Waals surface area contributed by atoms with Crippen LogP contribution in [0.25, 0.3) is 0 Å². The molecule has 0 spiro atoms. The zero-order valence-corrected chi connectivity index (χ0v) is 11.2. The van der Waals surface area contributed by atoms with E-state index in [-0.39, 0.29) is 0 Å². The number of nitrogens with one attached hydrogen (secondary N) is 2. The molecule has 0 aromatic carbocycles. The maximum absolute atomic E-state index is 12.4. The molecule has 1 aliphatic heterocycles. The standard InChI is InChI=1S/C15H24N2O/c1-8-7-16-5-4-11(8)17-15(18)14-12-9-2-3-10(6-9)13(12)14/h8-14,16H,2-7H2,1H3,(H,17,18). The van der Waals surface area contributed by atoms with E-state index in [2.05, 4.69) is 17.6 Å². The Bertz CT molecular complexity index is 354. The minimum absolute atomic E-state index is 0.389. The van der Waals surface area contributed by atoms with Crippen molar-refractivity contribution in [3.63, 3.8) is 0 Å². The van der Waals surface area contributed by atoms with Crippen molar-refractivity contribution >= 4 is 5.91 Å². The minimum atomic E-state index is 0.389. The van der Waals surface area contributed by atoms with Crippen LogP contribution in [0.3, 0.4) is 0 Å². The number of hydrogen-bond donors (Lipinski definition) is 2. The van der Waals surface area contributed by atoms with Gasteiger partial charge in [-0.2, -0.15) is 0 Å². The highest BCUT2D eigenvalue weighted by Gasteiger charge is 2.67. The predicted octanol–water partition coefficient (Wildman–Crippen LogP) is 1.39. The zero-order valence-electron chi connectivity index (χ0n) is 11.2. The number of amides is 1. The molecule has 2 bridgehead atoms. The monoisotopic (exact) mass is 248 g/mol. The van der Waals surface area contributed by atoms with Crippen molar-refractivity contribution in [1.29, 1.82) is 0 Å². The number of piperidine rings is 1. The Balaban J connectivity index is 1.38. The van der Waals surface area contributed by atoms with Crippen LogP contribution in [0.5, 0.6) is 0 Å². The van der Waals surface area contributed by atoms with Crippen molar-refractivity contribution in [3.05, 3.63) is 0 Å². The maximum atomic E-state index is 12.4. The molecular formula is C15H24N2O. The molecule has 1 amide bonds. The van der Waals surface area contributed by atoms with E-state index in [1.54, 1.807) is 0 Å². The fraction of sp³-hybridized carbons (Fsp3) is 0.933. The topological polar surface area (TPSA) is 41.1 Å². The van der Waals surface area contributed by atoms with Crippen LogP contribution in [0.15, 0.2) is 0 Å². The fourth-order valence-electron chi connectivity index (χ4n) is 5.18. The first-order valence-electron chi connectivity index (χ1n) is 7.77. The van der Waals surface area contributed by atoms with Gasteiger partial charge in [-0.1, -0.05) is 6.92 Å². The molecule has 3 nitrogen and oxygen atoms in total. The molecule has 6 atom stereocenters. The fourth-order valence-corrected chi connectivity index (χ4v) is 5.18. The molecule has 3 saturated carbocycles. The van der Waals surface area contributed by atoms with Gasteiger partial charge in [0.25, 0.3) is 0 Å². The van der Waals surface area contributed by atoms with Gasteiger partial charge in [0, 0.05) is 12.0 Å². The molecule has 4 fully saturated rings. The first-order valence-corrected chi connectivity index (χ1v) is 7.77. The van der Waals surface area contributed by atoms with E-state index in [0.717, 1.165) is 43.2 Å². The molecule has 3 aliphatic carbocycles. The maximum Gasteiger partial charge on any atom is 0.223 e. The summed E-state index contributed by atoms with van der Waals surface area (Å²) < 4.78 is 0. The van der Waals surface area contributed by atoms with Gasteiger partial charge in [0.1, 0.15) is 0 Å². The molecule has 4 aliphatic rings. The van der Waals surface area contributed by atoms with Crippen LogP contribution in [0.4, 0.5) is 0 Å². The lowest BCUT2D eigenvalue weighted by atomic mass is 9.94. The van der Waals surface area contributed by atoms with Crippen LogP contribution in [-0.4, -0.2) is 25.0 Å². The van der Waals surface area contributed by atoms with E-state index in [1.807, 2.05) is 0 Å². The summed E-state index contributed by atoms with van der Waals surface area (Å²) in [5.74, 6) is 4.74. The third-order valence-corrected chi connectivity index (χ3v) is 6.15. The van der Waals surface area contributed by atoms with Gasteiger partial charge in [-0.3, -0.25) is 4.79 Å². The molecule has 18 heavy (non-hydrogen) atoms. The third kappa shape index (κ3) is 1.56. The third-order valence-electron chi connectivity index (χ3n) is 6.15. The highest BCUT2D eigenvalue weighted by atomic mass is 16.2. The number of carbonyl (C=O) groups excluding carboxylic acids is 1. The average Bonchev–Trinajstić information content (AvgIpc) is 2.82. The number of fused-ring (bicyclic) bond motifs is 5. The Morgan fingerprint density at radius 3 is 2.56 bits per heavy atom. The molecule has 100 valence electrons. The molecule has 0 aromatic heterocycles. The Morgan fingerprint density at radius 2 is 1.89 bits per heavy atom.